The van der Waals surface area contributed by atoms with Crippen LogP contribution in [0.15, 0.2) is 60.7 Å². The summed E-state index contributed by atoms with van der Waals surface area (Å²) in [4.78, 5) is 0. The molecule has 0 radical (unpaired) electrons. The first-order chi connectivity index (χ1) is 18.0. The molecule has 2 nitrogen and oxygen atoms in total. The molecule has 226 valence electrons. The molecule has 39 heavy (non-hydrogen) atoms. The summed E-state index contributed by atoms with van der Waals surface area (Å²) in [6.07, 6.45) is 11.9. The van der Waals surface area contributed by atoms with E-state index >= 15 is 0 Å². The fourth-order valence-corrected chi connectivity index (χ4v) is 5.99. The van der Waals surface area contributed by atoms with Gasteiger partial charge in [-0.3, -0.25) is 0 Å². The molecule has 0 atom stereocenters. The van der Waals surface area contributed by atoms with Crippen molar-refractivity contribution in [2.75, 3.05) is 39.3 Å². The topological polar surface area (TPSA) is 0 Å². The van der Waals surface area contributed by atoms with Crippen LogP contribution in [0.1, 0.15) is 110 Å². The highest BCUT2D eigenvalue weighted by atomic mass is 35.5. The largest absolute Gasteiger partial charge is 1.00 e. The Bertz CT molecular complexity index is 728. The Labute approximate surface area is 256 Å². The second kappa shape index (κ2) is 24.7. The summed E-state index contributed by atoms with van der Waals surface area (Å²) in [5.74, 6) is 0. The first-order valence-corrected chi connectivity index (χ1v) is 15.8. The number of hydrogen-bond donors (Lipinski definition) is 0. The van der Waals surface area contributed by atoms with Gasteiger partial charge in [-0.2, -0.15) is 0 Å². The van der Waals surface area contributed by atoms with Crippen molar-refractivity contribution in [2.45, 2.75) is 112 Å². The molecule has 0 heterocycles. The monoisotopic (exact) mass is 580 g/mol. The molecule has 2 aromatic rings. The Hall–Kier alpha value is -1.06. The molecule has 4 heteroatoms. The molecule has 0 spiro atoms. The Morgan fingerprint density at radius 1 is 0.385 bits per heavy atom. The second-order valence-corrected chi connectivity index (χ2v) is 11.4. The molecule has 0 unspecified atom stereocenters. The van der Waals surface area contributed by atoms with Gasteiger partial charge in [0.1, 0.15) is 13.1 Å². The van der Waals surface area contributed by atoms with E-state index in [0.29, 0.717) is 0 Å². The van der Waals surface area contributed by atoms with E-state index in [0.717, 1.165) is 0 Å². The van der Waals surface area contributed by atoms with Crippen molar-refractivity contribution >= 4 is 0 Å². The fourth-order valence-electron chi connectivity index (χ4n) is 5.99. The van der Waals surface area contributed by atoms with Gasteiger partial charge in [-0.25, -0.2) is 0 Å². The molecule has 2 rings (SSSR count). The minimum atomic E-state index is 0. The van der Waals surface area contributed by atoms with Crippen molar-refractivity contribution in [3.05, 3.63) is 71.8 Å². The molecule has 0 aliphatic rings. The van der Waals surface area contributed by atoms with E-state index in [1.54, 1.807) is 0 Å². The number of rotatable bonds is 19. The Morgan fingerprint density at radius 3 is 0.923 bits per heavy atom. The zero-order valence-electron chi connectivity index (χ0n) is 26.4. The molecule has 2 aromatic carbocycles. The van der Waals surface area contributed by atoms with Gasteiger partial charge in [0.05, 0.1) is 39.3 Å². The van der Waals surface area contributed by atoms with Gasteiger partial charge in [-0.05, 0) is 38.5 Å². The summed E-state index contributed by atoms with van der Waals surface area (Å²) in [5.41, 5.74) is 3.00. The summed E-state index contributed by atoms with van der Waals surface area (Å²) < 4.78 is 2.58. The van der Waals surface area contributed by atoms with Crippen LogP contribution in [-0.2, 0) is 13.1 Å². The maximum atomic E-state index is 2.32. The van der Waals surface area contributed by atoms with Gasteiger partial charge in [0.15, 0.2) is 0 Å². The van der Waals surface area contributed by atoms with Crippen molar-refractivity contribution in [3.63, 3.8) is 0 Å². The number of benzene rings is 2. The first-order valence-electron chi connectivity index (χ1n) is 15.8. The van der Waals surface area contributed by atoms with Crippen LogP contribution in [0.3, 0.4) is 0 Å². The molecule has 0 N–H and O–H groups in total. The molecular weight excluding hydrogens is 519 g/mol. The number of unbranched alkanes of at least 4 members (excludes halogenated alkanes) is 3. The summed E-state index contributed by atoms with van der Waals surface area (Å²) in [5, 5.41) is 0. The Balaban J connectivity index is 0. The van der Waals surface area contributed by atoms with Crippen molar-refractivity contribution in [2.24, 2.45) is 0 Å². The standard InChI is InChI=1S/C19H34N.C16H28N.2ClH/c1-4-7-15-20(16-8-5-2,17-9-6-3)18-19-13-11-10-12-14-19;1-4-12-17(13-5-2,14-6-3)15-16-10-8-7-9-11-16;;/h10-14H,4-9,15-18H2,1-3H3;7-11H,4-6,12-15H2,1-3H3;2*1H/q2*+1;;/p-2. The van der Waals surface area contributed by atoms with E-state index in [4.69, 9.17) is 0 Å². The summed E-state index contributed by atoms with van der Waals surface area (Å²) in [6, 6.07) is 22.1. The van der Waals surface area contributed by atoms with Gasteiger partial charge in [-0.15, -0.1) is 0 Å². The third kappa shape index (κ3) is 16.7. The van der Waals surface area contributed by atoms with Gasteiger partial charge in [0, 0.05) is 11.1 Å². The third-order valence-electron chi connectivity index (χ3n) is 7.77. The fraction of sp³-hybridized carbons (Fsp3) is 0.657. The lowest BCUT2D eigenvalue weighted by Crippen LogP contribution is -3.00. The lowest BCUT2D eigenvalue weighted by Gasteiger charge is -2.39. The normalized spacial score (nSPS) is 11.1. The molecule has 0 aromatic heterocycles. The van der Waals surface area contributed by atoms with Crippen molar-refractivity contribution < 1.29 is 33.8 Å². The lowest BCUT2D eigenvalue weighted by molar-refractivity contribution is -0.941. The van der Waals surface area contributed by atoms with Crippen LogP contribution in [0, 0.1) is 0 Å². The van der Waals surface area contributed by atoms with Gasteiger partial charge in [0.2, 0.25) is 0 Å². The molecule has 0 aliphatic heterocycles. The van der Waals surface area contributed by atoms with Crippen LogP contribution < -0.4 is 24.8 Å². The maximum absolute atomic E-state index is 2.32. The molecule has 0 saturated heterocycles. The number of hydrogen-bond acceptors (Lipinski definition) is 0. The number of nitrogens with zero attached hydrogens (tertiary/aromatic N) is 2. The van der Waals surface area contributed by atoms with Gasteiger partial charge in [-0.1, -0.05) is 121 Å². The first kappa shape index (κ1) is 40.1. The smallest absolute Gasteiger partial charge is 0.104 e. The van der Waals surface area contributed by atoms with E-state index in [2.05, 4.69) is 102 Å². The van der Waals surface area contributed by atoms with Gasteiger partial charge in [0.25, 0.3) is 0 Å². The average Bonchev–Trinajstić information content (AvgIpc) is 2.91. The maximum Gasteiger partial charge on any atom is 0.104 e. The van der Waals surface area contributed by atoms with E-state index < -0.39 is 0 Å². The predicted octanol–water partition coefficient (Wildman–Crippen LogP) is 3.65. The van der Waals surface area contributed by atoms with Crippen LogP contribution >= 0.6 is 0 Å². The van der Waals surface area contributed by atoms with Crippen molar-refractivity contribution in [1.82, 2.24) is 0 Å². The van der Waals surface area contributed by atoms with E-state index in [1.165, 1.54) is 130 Å². The van der Waals surface area contributed by atoms with E-state index in [9.17, 15) is 0 Å². The Kier molecular flexibility index (Phi) is 25.4. The van der Waals surface area contributed by atoms with Crippen molar-refractivity contribution in [3.8, 4) is 0 Å². The van der Waals surface area contributed by atoms with Gasteiger partial charge >= 0.3 is 0 Å². The van der Waals surface area contributed by atoms with E-state index in [-0.39, 0.29) is 24.8 Å². The van der Waals surface area contributed by atoms with E-state index in [1.807, 2.05) is 0 Å². The molecule has 0 aliphatic carbocycles. The number of quaternary nitrogens is 2. The lowest BCUT2D eigenvalue weighted by atomic mass is 10.1. The highest BCUT2D eigenvalue weighted by molar-refractivity contribution is 5.14. The van der Waals surface area contributed by atoms with Crippen LogP contribution in [-0.4, -0.2) is 48.2 Å². The van der Waals surface area contributed by atoms with Crippen molar-refractivity contribution in [1.29, 1.82) is 0 Å². The molecule has 0 amide bonds. The summed E-state index contributed by atoms with van der Waals surface area (Å²) in [6.45, 7) is 24.3. The minimum absolute atomic E-state index is 0. The highest BCUT2D eigenvalue weighted by Crippen LogP contribution is 2.20. The quantitative estimate of drug-likeness (QED) is 0.222. The summed E-state index contributed by atoms with van der Waals surface area (Å²) in [7, 11) is 0. The highest BCUT2D eigenvalue weighted by Gasteiger charge is 2.26. The molecule has 0 bridgehead atoms. The molecule has 0 fully saturated rings. The summed E-state index contributed by atoms with van der Waals surface area (Å²) >= 11 is 0. The minimum Gasteiger partial charge on any atom is -1.00 e. The Morgan fingerprint density at radius 2 is 0.667 bits per heavy atom. The predicted molar refractivity (Wildman–Crippen MR) is 166 cm³/mol. The molecular formula is C35H62Cl2N2. The molecule has 0 saturated carbocycles. The zero-order valence-corrected chi connectivity index (χ0v) is 28.0. The SMILES string of the molecule is CCCC[N+](CCCC)(CCCC)Cc1ccccc1.CCC[N+](CCC)(CCC)Cc1ccccc1.[Cl-].[Cl-]. The third-order valence-corrected chi connectivity index (χ3v) is 7.77. The van der Waals surface area contributed by atoms with Crippen LogP contribution in [0.25, 0.3) is 0 Å². The average molecular weight is 582 g/mol. The number of halogens is 2. The van der Waals surface area contributed by atoms with Crippen LogP contribution in [0.2, 0.25) is 0 Å². The van der Waals surface area contributed by atoms with Crippen LogP contribution in [0.5, 0.6) is 0 Å². The van der Waals surface area contributed by atoms with Crippen LogP contribution in [0.4, 0.5) is 0 Å². The second-order valence-electron chi connectivity index (χ2n) is 11.4. The van der Waals surface area contributed by atoms with Gasteiger partial charge < -0.3 is 33.8 Å². The zero-order chi connectivity index (χ0) is 27.2.